The Bertz CT molecular complexity index is 767. The van der Waals surface area contributed by atoms with E-state index in [4.69, 9.17) is 0 Å². The average Bonchev–Trinajstić information content (AvgIpc) is 2.65. The Balaban J connectivity index is 1.57. The molecular weight excluding hydrogens is 329 g/mol. The van der Waals surface area contributed by atoms with Gasteiger partial charge in [0.1, 0.15) is 5.82 Å². The van der Waals surface area contributed by atoms with Crippen LogP contribution in [0.25, 0.3) is 0 Å². The van der Waals surface area contributed by atoms with Crippen LogP contribution in [0.5, 0.6) is 0 Å². The van der Waals surface area contributed by atoms with Gasteiger partial charge in [-0.3, -0.25) is 4.79 Å². The van der Waals surface area contributed by atoms with Crippen molar-refractivity contribution in [2.45, 2.75) is 26.8 Å². The maximum absolute atomic E-state index is 13.0. The van der Waals surface area contributed by atoms with Gasteiger partial charge in [0.05, 0.1) is 26.2 Å². The molecule has 26 heavy (non-hydrogen) atoms. The van der Waals surface area contributed by atoms with Crippen LogP contribution in [0.2, 0.25) is 0 Å². The van der Waals surface area contributed by atoms with Crippen LogP contribution in [0.3, 0.4) is 0 Å². The Hall–Kier alpha value is -2.40. The first kappa shape index (κ1) is 18.4. The number of nitrogens with zero attached hydrogens (tertiary/aromatic N) is 1. The summed E-state index contributed by atoms with van der Waals surface area (Å²) in [6, 6.07) is 12.2. The van der Waals surface area contributed by atoms with Crippen LogP contribution in [-0.2, 0) is 4.79 Å². The molecule has 1 heterocycles. The monoisotopic (exact) mass is 356 g/mol. The summed E-state index contributed by atoms with van der Waals surface area (Å²) >= 11 is 0. The quantitative estimate of drug-likeness (QED) is 0.881. The molecule has 2 aromatic rings. The number of piperazine rings is 1. The number of halogens is 1. The highest BCUT2D eigenvalue weighted by molar-refractivity contribution is 5.93. The lowest BCUT2D eigenvalue weighted by Crippen LogP contribution is -3.19. The molecule has 1 saturated heterocycles. The third-order valence-corrected chi connectivity index (χ3v) is 5.44. The largest absolute Gasteiger partial charge is 0.360 e. The molecule has 2 N–H and O–H groups in total. The van der Waals surface area contributed by atoms with Crippen LogP contribution in [0.1, 0.15) is 18.1 Å². The first-order valence-electron chi connectivity index (χ1n) is 9.18. The van der Waals surface area contributed by atoms with Crippen molar-refractivity contribution in [1.29, 1.82) is 0 Å². The summed E-state index contributed by atoms with van der Waals surface area (Å²) in [5.41, 5.74) is 4.58. The minimum Gasteiger partial charge on any atom is -0.360 e. The number of nitrogens with one attached hydrogen (secondary N) is 2. The molecule has 0 spiro atoms. The van der Waals surface area contributed by atoms with Crippen molar-refractivity contribution in [3.63, 3.8) is 0 Å². The van der Waals surface area contributed by atoms with Crippen LogP contribution >= 0.6 is 0 Å². The van der Waals surface area contributed by atoms with Crippen LogP contribution in [0.4, 0.5) is 15.8 Å². The number of quaternary nitrogens is 1. The minimum absolute atomic E-state index is 0.0215. The van der Waals surface area contributed by atoms with Gasteiger partial charge in [-0.1, -0.05) is 12.1 Å². The molecule has 1 atom stereocenters. The third kappa shape index (κ3) is 4.05. The predicted octanol–water partition coefficient (Wildman–Crippen LogP) is 2.17. The van der Waals surface area contributed by atoms with E-state index < -0.39 is 0 Å². The molecule has 4 nitrogen and oxygen atoms in total. The number of benzene rings is 2. The maximum atomic E-state index is 13.0. The second-order valence-corrected chi connectivity index (χ2v) is 7.08. The van der Waals surface area contributed by atoms with Gasteiger partial charge in [0.15, 0.2) is 6.04 Å². The van der Waals surface area contributed by atoms with E-state index in [0.29, 0.717) is 5.69 Å². The Morgan fingerprint density at radius 2 is 1.77 bits per heavy atom. The summed E-state index contributed by atoms with van der Waals surface area (Å²) in [4.78, 5) is 16.2. The van der Waals surface area contributed by atoms with Gasteiger partial charge in [0.2, 0.25) is 0 Å². The van der Waals surface area contributed by atoms with E-state index in [0.717, 1.165) is 26.2 Å². The number of carbonyl (C=O) groups excluding carboxylic acids is 1. The van der Waals surface area contributed by atoms with E-state index in [1.165, 1.54) is 33.8 Å². The summed E-state index contributed by atoms with van der Waals surface area (Å²) < 4.78 is 13.0. The number of rotatable bonds is 4. The van der Waals surface area contributed by atoms with Crippen LogP contribution in [-0.4, -0.2) is 38.1 Å². The molecule has 0 aromatic heterocycles. The molecule has 1 amide bonds. The summed E-state index contributed by atoms with van der Waals surface area (Å²) in [5.74, 6) is -0.323. The topological polar surface area (TPSA) is 36.8 Å². The Morgan fingerprint density at radius 3 is 2.42 bits per heavy atom. The van der Waals surface area contributed by atoms with Crippen molar-refractivity contribution in [1.82, 2.24) is 0 Å². The van der Waals surface area contributed by atoms with Gasteiger partial charge in [-0.05, 0) is 62.2 Å². The molecule has 1 fully saturated rings. The standard InChI is InChI=1S/C21H26FN3O/c1-15-5-4-6-20(16(15)2)25-13-11-24(12-14-25)17(3)21(26)23-19-9-7-18(22)8-10-19/h4-10,17H,11-14H2,1-3H3,(H,23,26)/p+1/t17-/m0/s1. The number of amides is 1. The van der Waals surface area contributed by atoms with Crippen molar-refractivity contribution < 1.29 is 14.1 Å². The molecular formula is C21H27FN3O+. The van der Waals surface area contributed by atoms with E-state index in [1.54, 1.807) is 12.1 Å². The number of anilines is 2. The highest BCUT2D eigenvalue weighted by Gasteiger charge is 2.29. The average molecular weight is 356 g/mol. The normalized spacial score (nSPS) is 16.4. The summed E-state index contributed by atoms with van der Waals surface area (Å²) in [7, 11) is 0. The lowest BCUT2D eigenvalue weighted by Gasteiger charge is -2.36. The van der Waals surface area contributed by atoms with Gasteiger partial charge in [-0.15, -0.1) is 0 Å². The van der Waals surface area contributed by atoms with Gasteiger partial charge in [0.25, 0.3) is 5.91 Å². The zero-order valence-electron chi connectivity index (χ0n) is 15.7. The first-order chi connectivity index (χ1) is 12.5. The summed E-state index contributed by atoms with van der Waals surface area (Å²) in [6.07, 6.45) is 0. The fourth-order valence-electron chi connectivity index (χ4n) is 3.52. The van der Waals surface area contributed by atoms with E-state index >= 15 is 0 Å². The third-order valence-electron chi connectivity index (χ3n) is 5.44. The van der Waals surface area contributed by atoms with Gasteiger partial charge in [0, 0.05) is 11.4 Å². The molecule has 0 bridgehead atoms. The summed E-state index contributed by atoms with van der Waals surface area (Å²) in [6.45, 7) is 9.99. The van der Waals surface area contributed by atoms with Gasteiger partial charge >= 0.3 is 0 Å². The molecule has 1 aliphatic heterocycles. The zero-order chi connectivity index (χ0) is 18.7. The maximum Gasteiger partial charge on any atom is 0.282 e. The Labute approximate surface area is 154 Å². The molecule has 5 heteroatoms. The lowest BCUT2D eigenvalue weighted by atomic mass is 10.1. The second-order valence-electron chi connectivity index (χ2n) is 7.08. The fourth-order valence-corrected chi connectivity index (χ4v) is 3.52. The smallest absolute Gasteiger partial charge is 0.282 e. The Kier molecular flexibility index (Phi) is 5.57. The van der Waals surface area contributed by atoms with Crippen molar-refractivity contribution >= 4 is 17.3 Å². The van der Waals surface area contributed by atoms with Crippen LogP contribution < -0.4 is 15.1 Å². The van der Waals surface area contributed by atoms with Crippen molar-refractivity contribution in [3.8, 4) is 0 Å². The molecule has 3 rings (SSSR count). The lowest BCUT2D eigenvalue weighted by molar-refractivity contribution is -0.914. The minimum atomic E-state index is -0.302. The summed E-state index contributed by atoms with van der Waals surface area (Å²) in [5, 5.41) is 2.89. The molecule has 0 radical (unpaired) electrons. The van der Waals surface area contributed by atoms with Crippen molar-refractivity contribution in [2.24, 2.45) is 0 Å². The molecule has 2 aromatic carbocycles. The zero-order valence-corrected chi connectivity index (χ0v) is 15.7. The molecule has 138 valence electrons. The Morgan fingerprint density at radius 1 is 1.12 bits per heavy atom. The van der Waals surface area contributed by atoms with Gasteiger partial charge in [-0.2, -0.15) is 0 Å². The fraction of sp³-hybridized carbons (Fsp3) is 0.381. The number of carbonyl (C=O) groups is 1. The highest BCUT2D eigenvalue weighted by atomic mass is 19.1. The van der Waals surface area contributed by atoms with E-state index in [9.17, 15) is 9.18 Å². The van der Waals surface area contributed by atoms with Gasteiger partial charge < -0.3 is 15.1 Å². The highest BCUT2D eigenvalue weighted by Crippen LogP contribution is 2.22. The number of hydrogen-bond acceptors (Lipinski definition) is 2. The van der Waals surface area contributed by atoms with E-state index in [2.05, 4.69) is 42.3 Å². The molecule has 0 saturated carbocycles. The number of hydrogen-bond donors (Lipinski definition) is 2. The number of aryl methyl sites for hydroxylation is 1. The van der Waals surface area contributed by atoms with E-state index in [-0.39, 0.29) is 17.8 Å². The van der Waals surface area contributed by atoms with Crippen molar-refractivity contribution in [3.05, 3.63) is 59.4 Å². The molecule has 1 aliphatic rings. The van der Waals surface area contributed by atoms with Crippen molar-refractivity contribution in [2.75, 3.05) is 36.4 Å². The SMILES string of the molecule is Cc1cccc(N2CC[NH+]([C@@H](C)C(=O)Nc3ccc(F)cc3)CC2)c1C. The van der Waals surface area contributed by atoms with Crippen LogP contribution in [0, 0.1) is 19.7 Å². The van der Waals surface area contributed by atoms with E-state index in [1.807, 2.05) is 6.92 Å². The molecule has 0 unspecified atom stereocenters. The second kappa shape index (κ2) is 7.87. The predicted molar refractivity (Wildman–Crippen MR) is 103 cm³/mol. The molecule has 0 aliphatic carbocycles. The van der Waals surface area contributed by atoms with Crippen LogP contribution in [0.15, 0.2) is 42.5 Å². The first-order valence-corrected chi connectivity index (χ1v) is 9.18. The van der Waals surface area contributed by atoms with Gasteiger partial charge in [-0.25, -0.2) is 4.39 Å².